The highest BCUT2D eigenvalue weighted by Gasteiger charge is 2.14. The average Bonchev–Trinajstić information content (AvgIpc) is 2.25. The van der Waals surface area contributed by atoms with Gasteiger partial charge in [-0.3, -0.25) is 14.9 Å². The van der Waals surface area contributed by atoms with Crippen molar-refractivity contribution >= 4 is 11.5 Å². The van der Waals surface area contributed by atoms with Crippen LogP contribution in [-0.2, 0) is 0 Å². The number of nitrogens with zero attached hydrogens (tertiary/aromatic N) is 2. The molecule has 0 amide bonds. The van der Waals surface area contributed by atoms with Crippen molar-refractivity contribution in [3.05, 3.63) is 33.9 Å². The number of non-ortho nitro benzene ring substituents is 1. The minimum absolute atomic E-state index is 0.101. The van der Waals surface area contributed by atoms with Crippen LogP contribution >= 0.6 is 0 Å². The van der Waals surface area contributed by atoms with Gasteiger partial charge in [0, 0.05) is 12.1 Å². The lowest BCUT2D eigenvalue weighted by molar-refractivity contribution is -0.384. The maximum atomic E-state index is 11.2. The lowest BCUT2D eigenvalue weighted by atomic mass is 10.1. The molecule has 0 radical (unpaired) electrons. The predicted octanol–water partition coefficient (Wildman–Crippen LogP) is 1.70. The summed E-state index contributed by atoms with van der Waals surface area (Å²) in [4.78, 5) is 21.1. The van der Waals surface area contributed by atoms with E-state index in [1.54, 1.807) is 6.07 Å². The van der Waals surface area contributed by atoms with Crippen LogP contribution in [0.2, 0.25) is 0 Å². The summed E-state index contributed by atoms with van der Waals surface area (Å²) in [6.45, 7) is 1.07. The van der Waals surface area contributed by atoms with Crippen molar-refractivity contribution in [2.24, 2.45) is 0 Å². The van der Waals surface area contributed by atoms with Crippen molar-refractivity contribution in [3.63, 3.8) is 0 Å². The Morgan fingerprint density at radius 3 is 2.81 bits per heavy atom. The average molecular weight is 220 g/mol. The summed E-state index contributed by atoms with van der Waals surface area (Å²) in [5, 5.41) is 18.8. The second kappa shape index (κ2) is 4.89. The molecule has 0 aliphatic heterocycles. The van der Waals surface area contributed by atoms with Gasteiger partial charge < -0.3 is 4.74 Å². The van der Waals surface area contributed by atoms with Crippen molar-refractivity contribution in [2.75, 3.05) is 6.61 Å². The molecular formula is C10H8N2O4. The first-order valence-electron chi connectivity index (χ1n) is 4.35. The number of Topliss-reactive ketones (excluding diaryl/α,β-unsaturated/α-hetero) is 1. The lowest BCUT2D eigenvalue weighted by Gasteiger charge is -2.05. The third-order valence-electron chi connectivity index (χ3n) is 1.85. The number of carbonyl (C=O) groups excluding carboxylic acids is 1. The molecule has 0 fully saturated rings. The van der Waals surface area contributed by atoms with Gasteiger partial charge in [-0.05, 0) is 13.0 Å². The molecule has 0 atom stereocenters. The second-order valence-corrected chi connectivity index (χ2v) is 2.94. The molecule has 6 nitrogen and oxygen atoms in total. The Kier molecular flexibility index (Phi) is 3.56. The lowest BCUT2D eigenvalue weighted by Crippen LogP contribution is -2.02. The Labute approximate surface area is 91.2 Å². The summed E-state index contributed by atoms with van der Waals surface area (Å²) in [5.41, 5.74) is -0.0843. The van der Waals surface area contributed by atoms with Crippen molar-refractivity contribution in [3.8, 4) is 11.8 Å². The molecule has 0 aliphatic carbocycles. The minimum atomic E-state index is -0.597. The first-order valence-corrected chi connectivity index (χ1v) is 4.35. The van der Waals surface area contributed by atoms with Crippen molar-refractivity contribution in [1.29, 1.82) is 5.26 Å². The summed E-state index contributed by atoms with van der Waals surface area (Å²) in [6, 6.07) is 5.42. The SMILES string of the molecule is CC(=O)c1cc([N+](=O)[O-])ccc1OCC#N. The summed E-state index contributed by atoms with van der Waals surface area (Å²) in [7, 11) is 0. The van der Waals surface area contributed by atoms with Crippen LogP contribution in [0.1, 0.15) is 17.3 Å². The number of benzene rings is 1. The largest absolute Gasteiger partial charge is 0.478 e. The van der Waals surface area contributed by atoms with Crippen LogP contribution in [0.3, 0.4) is 0 Å². The Morgan fingerprint density at radius 2 is 2.31 bits per heavy atom. The zero-order chi connectivity index (χ0) is 12.1. The smallest absolute Gasteiger partial charge is 0.270 e. The fourth-order valence-corrected chi connectivity index (χ4v) is 1.14. The van der Waals surface area contributed by atoms with Crippen molar-refractivity contribution in [1.82, 2.24) is 0 Å². The third kappa shape index (κ3) is 2.54. The van der Waals surface area contributed by atoms with E-state index in [1.807, 2.05) is 0 Å². The zero-order valence-corrected chi connectivity index (χ0v) is 8.47. The van der Waals surface area contributed by atoms with Gasteiger partial charge >= 0.3 is 0 Å². The molecule has 1 rings (SSSR count). The summed E-state index contributed by atoms with van der Waals surface area (Å²) < 4.78 is 4.98. The maximum Gasteiger partial charge on any atom is 0.270 e. The number of nitriles is 1. The van der Waals surface area contributed by atoms with Crippen LogP contribution in [0.15, 0.2) is 18.2 Å². The predicted molar refractivity (Wildman–Crippen MR) is 54.2 cm³/mol. The standard InChI is InChI=1S/C10H8N2O4/c1-7(13)9-6-8(12(14)15)2-3-10(9)16-5-4-11/h2-3,6H,5H2,1H3. The number of hydrogen-bond acceptors (Lipinski definition) is 5. The molecule has 0 heterocycles. The number of nitro groups is 1. The molecule has 1 aromatic rings. The molecule has 0 saturated heterocycles. The molecule has 0 N–H and O–H groups in total. The van der Waals surface area contributed by atoms with Crippen LogP contribution in [0.5, 0.6) is 5.75 Å². The molecule has 6 heteroatoms. The van der Waals surface area contributed by atoms with Crippen LogP contribution < -0.4 is 4.74 Å². The quantitative estimate of drug-likeness (QED) is 0.437. The first-order chi connectivity index (χ1) is 7.56. The topological polar surface area (TPSA) is 93.2 Å². The molecule has 0 saturated carbocycles. The van der Waals surface area contributed by atoms with E-state index in [0.717, 1.165) is 6.07 Å². The first kappa shape index (κ1) is 11.7. The number of ketones is 1. The van der Waals surface area contributed by atoms with E-state index in [4.69, 9.17) is 10.00 Å². The van der Waals surface area contributed by atoms with Gasteiger partial charge in [-0.15, -0.1) is 0 Å². The van der Waals surface area contributed by atoms with Crippen LogP contribution in [0, 0.1) is 21.4 Å². The highest BCUT2D eigenvalue weighted by molar-refractivity contribution is 5.97. The third-order valence-corrected chi connectivity index (χ3v) is 1.85. The monoisotopic (exact) mass is 220 g/mol. The number of rotatable bonds is 4. The highest BCUT2D eigenvalue weighted by Crippen LogP contribution is 2.24. The number of carbonyl (C=O) groups is 1. The van der Waals surface area contributed by atoms with E-state index < -0.39 is 4.92 Å². The van der Waals surface area contributed by atoms with Crippen LogP contribution in [0.25, 0.3) is 0 Å². The van der Waals surface area contributed by atoms with Gasteiger partial charge in [-0.25, -0.2) is 0 Å². The van der Waals surface area contributed by atoms with E-state index in [-0.39, 0.29) is 29.4 Å². The second-order valence-electron chi connectivity index (χ2n) is 2.94. The van der Waals surface area contributed by atoms with Gasteiger partial charge in [0.25, 0.3) is 5.69 Å². The summed E-state index contributed by atoms with van der Waals surface area (Å²) in [6.07, 6.45) is 0. The highest BCUT2D eigenvalue weighted by atomic mass is 16.6. The minimum Gasteiger partial charge on any atom is -0.478 e. The summed E-state index contributed by atoms with van der Waals surface area (Å²) in [5.74, 6) is -0.170. The van der Waals surface area contributed by atoms with Crippen LogP contribution in [0.4, 0.5) is 5.69 Å². The van der Waals surface area contributed by atoms with E-state index in [1.165, 1.54) is 19.1 Å². The van der Waals surface area contributed by atoms with Gasteiger partial charge in [-0.1, -0.05) is 0 Å². The molecule has 0 aliphatic rings. The van der Waals surface area contributed by atoms with Gasteiger partial charge in [0.2, 0.25) is 0 Å². The summed E-state index contributed by atoms with van der Waals surface area (Å²) >= 11 is 0. The number of nitro benzene ring substituents is 1. The molecule has 16 heavy (non-hydrogen) atoms. The Morgan fingerprint density at radius 1 is 1.62 bits per heavy atom. The van der Waals surface area contributed by atoms with Gasteiger partial charge in [0.15, 0.2) is 12.4 Å². The van der Waals surface area contributed by atoms with E-state index in [9.17, 15) is 14.9 Å². The zero-order valence-electron chi connectivity index (χ0n) is 8.47. The molecule has 82 valence electrons. The molecule has 0 unspecified atom stereocenters. The van der Waals surface area contributed by atoms with E-state index in [2.05, 4.69) is 0 Å². The van der Waals surface area contributed by atoms with Gasteiger partial charge in [0.05, 0.1) is 10.5 Å². The normalized spacial score (nSPS) is 9.25. The number of hydrogen-bond donors (Lipinski definition) is 0. The van der Waals surface area contributed by atoms with E-state index >= 15 is 0 Å². The van der Waals surface area contributed by atoms with Gasteiger partial charge in [-0.2, -0.15) is 5.26 Å². The Balaban J connectivity index is 3.15. The van der Waals surface area contributed by atoms with Crippen LogP contribution in [-0.4, -0.2) is 17.3 Å². The fourth-order valence-electron chi connectivity index (χ4n) is 1.14. The van der Waals surface area contributed by atoms with E-state index in [0.29, 0.717) is 0 Å². The van der Waals surface area contributed by atoms with Gasteiger partial charge in [0.1, 0.15) is 11.8 Å². The maximum absolute atomic E-state index is 11.2. The van der Waals surface area contributed by atoms with Crippen molar-refractivity contribution < 1.29 is 14.5 Å². The Bertz CT molecular complexity index is 476. The fraction of sp³-hybridized carbons (Fsp3) is 0.200. The van der Waals surface area contributed by atoms with Crippen molar-refractivity contribution in [2.45, 2.75) is 6.92 Å². The molecule has 0 spiro atoms. The molecule has 0 bridgehead atoms. The molecular weight excluding hydrogens is 212 g/mol. The number of ether oxygens (including phenoxy) is 1. The molecule has 0 aromatic heterocycles. The Hall–Kier alpha value is -2.42. The molecule has 1 aromatic carbocycles.